The average molecular weight is 341 g/mol. The van der Waals surface area contributed by atoms with Crippen LogP contribution < -0.4 is 14.8 Å². The summed E-state index contributed by atoms with van der Waals surface area (Å²) in [5.41, 5.74) is 3.20. The lowest BCUT2D eigenvalue weighted by Gasteiger charge is -2.20. The van der Waals surface area contributed by atoms with Crippen LogP contribution in [0.2, 0.25) is 0 Å². The first-order valence-corrected chi connectivity index (χ1v) is 8.59. The highest BCUT2D eigenvalue weighted by molar-refractivity contribution is 5.81. The van der Waals surface area contributed by atoms with Crippen molar-refractivity contribution in [3.63, 3.8) is 0 Å². The van der Waals surface area contributed by atoms with E-state index in [0.29, 0.717) is 6.61 Å². The van der Waals surface area contributed by atoms with Crippen LogP contribution in [0.15, 0.2) is 42.5 Å². The average Bonchev–Trinajstić information content (AvgIpc) is 2.57. The predicted molar refractivity (Wildman–Crippen MR) is 100 cm³/mol. The Morgan fingerprint density at radius 3 is 2.40 bits per heavy atom. The molecule has 0 radical (unpaired) electrons. The second-order valence-corrected chi connectivity index (χ2v) is 6.52. The molecule has 0 aromatic heterocycles. The Kier molecular flexibility index (Phi) is 6.45. The Morgan fingerprint density at radius 2 is 1.68 bits per heavy atom. The SMILES string of the molecule is Cc1ccc(C)c(O[C@@H](C)C(=O)N[C@@H](C)COc2ccccc2C)c1. The molecule has 0 fully saturated rings. The molecule has 0 unspecified atom stereocenters. The third kappa shape index (κ3) is 5.52. The van der Waals surface area contributed by atoms with Gasteiger partial charge < -0.3 is 14.8 Å². The Balaban J connectivity index is 1.85. The maximum absolute atomic E-state index is 12.3. The van der Waals surface area contributed by atoms with Crippen molar-refractivity contribution in [2.75, 3.05) is 6.61 Å². The topological polar surface area (TPSA) is 47.6 Å². The van der Waals surface area contributed by atoms with Gasteiger partial charge in [0, 0.05) is 0 Å². The summed E-state index contributed by atoms with van der Waals surface area (Å²) in [7, 11) is 0. The molecule has 1 N–H and O–H groups in total. The van der Waals surface area contributed by atoms with Crippen molar-refractivity contribution in [3.8, 4) is 11.5 Å². The van der Waals surface area contributed by atoms with Crippen molar-refractivity contribution in [1.29, 1.82) is 0 Å². The first-order chi connectivity index (χ1) is 11.9. The summed E-state index contributed by atoms with van der Waals surface area (Å²) in [6, 6.07) is 13.7. The van der Waals surface area contributed by atoms with E-state index in [0.717, 1.165) is 28.2 Å². The van der Waals surface area contributed by atoms with Gasteiger partial charge in [0.2, 0.25) is 0 Å². The van der Waals surface area contributed by atoms with Crippen LogP contribution >= 0.6 is 0 Å². The van der Waals surface area contributed by atoms with E-state index in [-0.39, 0.29) is 11.9 Å². The van der Waals surface area contributed by atoms with Crippen LogP contribution in [-0.4, -0.2) is 24.7 Å². The first-order valence-electron chi connectivity index (χ1n) is 8.59. The van der Waals surface area contributed by atoms with Crippen LogP contribution in [0.4, 0.5) is 0 Å². The van der Waals surface area contributed by atoms with Crippen molar-refractivity contribution in [1.82, 2.24) is 5.32 Å². The molecule has 0 bridgehead atoms. The van der Waals surface area contributed by atoms with Crippen molar-refractivity contribution in [2.45, 2.75) is 46.8 Å². The van der Waals surface area contributed by atoms with Crippen LogP contribution in [0.25, 0.3) is 0 Å². The summed E-state index contributed by atoms with van der Waals surface area (Å²) < 4.78 is 11.6. The summed E-state index contributed by atoms with van der Waals surface area (Å²) in [4.78, 5) is 12.3. The molecule has 2 aromatic rings. The highest BCUT2D eigenvalue weighted by atomic mass is 16.5. The molecule has 0 spiro atoms. The molecule has 25 heavy (non-hydrogen) atoms. The molecule has 134 valence electrons. The van der Waals surface area contributed by atoms with E-state index in [1.807, 2.05) is 70.2 Å². The number of carbonyl (C=O) groups excluding carboxylic acids is 1. The largest absolute Gasteiger partial charge is 0.491 e. The molecule has 0 aliphatic carbocycles. The van der Waals surface area contributed by atoms with Gasteiger partial charge >= 0.3 is 0 Å². The van der Waals surface area contributed by atoms with Gasteiger partial charge in [-0.25, -0.2) is 0 Å². The molecule has 4 heteroatoms. The van der Waals surface area contributed by atoms with Gasteiger partial charge in [-0.15, -0.1) is 0 Å². The third-order valence-corrected chi connectivity index (χ3v) is 3.99. The van der Waals surface area contributed by atoms with Crippen molar-refractivity contribution in [2.24, 2.45) is 0 Å². The number of aryl methyl sites for hydroxylation is 3. The number of carbonyl (C=O) groups is 1. The number of para-hydroxylation sites is 1. The minimum absolute atomic E-state index is 0.114. The molecule has 2 rings (SSSR count). The van der Waals surface area contributed by atoms with Gasteiger partial charge in [0.05, 0.1) is 6.04 Å². The van der Waals surface area contributed by atoms with Gasteiger partial charge in [0.25, 0.3) is 5.91 Å². The lowest BCUT2D eigenvalue weighted by Crippen LogP contribution is -2.43. The smallest absolute Gasteiger partial charge is 0.261 e. The molecule has 2 atom stereocenters. The Bertz CT molecular complexity index is 727. The molecule has 0 aliphatic rings. The lowest BCUT2D eigenvalue weighted by atomic mass is 10.1. The summed E-state index contributed by atoms with van der Waals surface area (Å²) >= 11 is 0. The minimum Gasteiger partial charge on any atom is -0.491 e. The zero-order valence-corrected chi connectivity index (χ0v) is 15.6. The number of benzene rings is 2. The highest BCUT2D eigenvalue weighted by Crippen LogP contribution is 2.20. The monoisotopic (exact) mass is 341 g/mol. The normalized spacial score (nSPS) is 13.0. The van der Waals surface area contributed by atoms with E-state index in [9.17, 15) is 4.79 Å². The van der Waals surface area contributed by atoms with Gasteiger partial charge in [-0.2, -0.15) is 0 Å². The molecular formula is C21H27NO3. The van der Waals surface area contributed by atoms with Crippen molar-refractivity contribution >= 4 is 5.91 Å². The fraction of sp³-hybridized carbons (Fsp3) is 0.381. The van der Waals surface area contributed by atoms with Gasteiger partial charge in [-0.1, -0.05) is 30.3 Å². The summed E-state index contributed by atoms with van der Waals surface area (Å²) in [6.45, 7) is 10.1. The molecule has 4 nitrogen and oxygen atoms in total. The van der Waals surface area contributed by atoms with Crippen LogP contribution in [-0.2, 0) is 4.79 Å². The molecule has 1 amide bonds. The number of hydrogen-bond acceptors (Lipinski definition) is 3. The van der Waals surface area contributed by atoms with Crippen LogP contribution in [0.3, 0.4) is 0 Å². The molecule has 0 heterocycles. The van der Waals surface area contributed by atoms with Crippen LogP contribution in [0.5, 0.6) is 11.5 Å². The van der Waals surface area contributed by atoms with E-state index in [1.54, 1.807) is 6.92 Å². The van der Waals surface area contributed by atoms with E-state index < -0.39 is 6.10 Å². The van der Waals surface area contributed by atoms with Gasteiger partial charge in [-0.3, -0.25) is 4.79 Å². The number of hydrogen-bond donors (Lipinski definition) is 1. The standard InChI is InChI=1S/C21H27NO3/c1-14-10-11-16(3)20(12-14)25-18(5)21(23)22-17(4)13-24-19-9-7-6-8-15(19)2/h6-12,17-18H,13H2,1-5H3,(H,22,23)/t17-,18-/m0/s1. The maximum atomic E-state index is 12.3. The van der Waals surface area contributed by atoms with E-state index >= 15 is 0 Å². The van der Waals surface area contributed by atoms with E-state index in [1.165, 1.54) is 0 Å². The second-order valence-electron chi connectivity index (χ2n) is 6.52. The first kappa shape index (κ1) is 18.8. The zero-order chi connectivity index (χ0) is 18.4. The van der Waals surface area contributed by atoms with E-state index in [4.69, 9.17) is 9.47 Å². The van der Waals surface area contributed by atoms with Gasteiger partial charge in [0.15, 0.2) is 6.10 Å². The van der Waals surface area contributed by atoms with Crippen LogP contribution in [0.1, 0.15) is 30.5 Å². The lowest BCUT2D eigenvalue weighted by molar-refractivity contribution is -0.128. The quantitative estimate of drug-likeness (QED) is 0.829. The third-order valence-electron chi connectivity index (χ3n) is 3.99. The minimum atomic E-state index is -0.568. The second kappa shape index (κ2) is 8.56. The number of ether oxygens (including phenoxy) is 2. The van der Waals surface area contributed by atoms with Gasteiger partial charge in [0.1, 0.15) is 18.1 Å². The number of nitrogens with one attached hydrogen (secondary N) is 1. The zero-order valence-electron chi connectivity index (χ0n) is 15.6. The fourth-order valence-corrected chi connectivity index (χ4v) is 2.41. The summed E-state index contributed by atoms with van der Waals surface area (Å²) in [6.07, 6.45) is -0.568. The van der Waals surface area contributed by atoms with Gasteiger partial charge in [-0.05, 0) is 63.4 Å². The molecule has 0 saturated heterocycles. The molecule has 0 aliphatic heterocycles. The summed E-state index contributed by atoms with van der Waals surface area (Å²) in [5, 5.41) is 2.93. The Hall–Kier alpha value is -2.49. The number of amides is 1. The molecule has 0 saturated carbocycles. The molecular weight excluding hydrogens is 314 g/mol. The Morgan fingerprint density at radius 1 is 1.00 bits per heavy atom. The predicted octanol–water partition coefficient (Wildman–Crippen LogP) is 3.96. The molecule has 2 aromatic carbocycles. The van der Waals surface area contributed by atoms with Crippen molar-refractivity contribution < 1.29 is 14.3 Å². The maximum Gasteiger partial charge on any atom is 0.261 e. The van der Waals surface area contributed by atoms with Crippen molar-refractivity contribution in [3.05, 3.63) is 59.2 Å². The van der Waals surface area contributed by atoms with Crippen LogP contribution in [0, 0.1) is 20.8 Å². The Labute approximate surface area is 150 Å². The van der Waals surface area contributed by atoms with E-state index in [2.05, 4.69) is 5.32 Å². The fourth-order valence-electron chi connectivity index (χ4n) is 2.41. The highest BCUT2D eigenvalue weighted by Gasteiger charge is 2.18. The summed E-state index contributed by atoms with van der Waals surface area (Å²) in [5.74, 6) is 1.43. The number of rotatable bonds is 7.